The molecule has 2 aromatic carbocycles. The molecule has 0 spiro atoms. The quantitative estimate of drug-likeness (QED) is 0.581. The lowest BCUT2D eigenvalue weighted by Crippen LogP contribution is -2.42. The van der Waals surface area contributed by atoms with E-state index in [4.69, 9.17) is 9.47 Å². The van der Waals surface area contributed by atoms with Gasteiger partial charge in [0.25, 0.3) is 0 Å². The monoisotopic (exact) mass is 377 g/mol. The Balaban J connectivity index is 1.46. The fourth-order valence-electron chi connectivity index (χ4n) is 4.14. The van der Waals surface area contributed by atoms with Crippen molar-refractivity contribution in [1.82, 2.24) is 4.90 Å². The van der Waals surface area contributed by atoms with E-state index < -0.39 is 18.1 Å². The zero-order chi connectivity index (χ0) is 19.5. The lowest BCUT2D eigenvalue weighted by Gasteiger charge is -2.23. The molecule has 0 radical (unpaired) electrons. The van der Waals surface area contributed by atoms with Crippen LogP contribution in [0.2, 0.25) is 0 Å². The molecule has 4 rings (SSSR count). The summed E-state index contributed by atoms with van der Waals surface area (Å²) in [5.41, 5.74) is 4.71. The van der Waals surface area contributed by atoms with Crippen molar-refractivity contribution in [3.63, 3.8) is 0 Å². The summed E-state index contributed by atoms with van der Waals surface area (Å²) in [6.45, 7) is 4.44. The first-order chi connectivity index (χ1) is 13.7. The summed E-state index contributed by atoms with van der Waals surface area (Å²) in [5.74, 6) is -0.393. The molecule has 1 atom stereocenters. The molecular weight excluding hydrogens is 354 g/mol. The van der Waals surface area contributed by atoms with Crippen LogP contribution in [0.1, 0.15) is 29.9 Å². The number of rotatable bonds is 5. The topological polar surface area (TPSA) is 55.8 Å². The van der Waals surface area contributed by atoms with Crippen molar-refractivity contribution in [3.05, 3.63) is 72.3 Å². The molecule has 28 heavy (non-hydrogen) atoms. The average Bonchev–Trinajstić information content (AvgIpc) is 3.34. The van der Waals surface area contributed by atoms with Crippen LogP contribution in [0.25, 0.3) is 11.1 Å². The molecule has 1 fully saturated rings. The van der Waals surface area contributed by atoms with Gasteiger partial charge in [0.1, 0.15) is 19.3 Å². The van der Waals surface area contributed by atoms with Gasteiger partial charge in [-0.05, 0) is 35.1 Å². The van der Waals surface area contributed by atoms with Gasteiger partial charge in [0.05, 0.1) is 0 Å². The first kappa shape index (κ1) is 18.3. The van der Waals surface area contributed by atoms with Gasteiger partial charge in [0.2, 0.25) is 0 Å². The van der Waals surface area contributed by atoms with Crippen molar-refractivity contribution < 1.29 is 19.1 Å². The summed E-state index contributed by atoms with van der Waals surface area (Å²) in [6.07, 6.45) is 2.42. The van der Waals surface area contributed by atoms with Crippen molar-refractivity contribution in [2.24, 2.45) is 0 Å². The number of ether oxygens (including phenoxy) is 2. The van der Waals surface area contributed by atoms with Crippen LogP contribution in [-0.4, -0.2) is 42.8 Å². The van der Waals surface area contributed by atoms with E-state index in [-0.39, 0.29) is 19.1 Å². The number of hydrogen-bond acceptors (Lipinski definition) is 4. The van der Waals surface area contributed by atoms with E-state index in [1.54, 1.807) is 0 Å². The molecule has 2 aliphatic rings. The third-order valence-corrected chi connectivity index (χ3v) is 5.44. The predicted molar refractivity (Wildman–Crippen MR) is 106 cm³/mol. The maximum atomic E-state index is 12.7. The Kier molecular flexibility index (Phi) is 5.15. The number of carbonyl (C=O) groups excluding carboxylic acids is 2. The normalized spacial score (nSPS) is 17.7. The molecule has 5 nitrogen and oxygen atoms in total. The van der Waals surface area contributed by atoms with E-state index in [9.17, 15) is 9.59 Å². The van der Waals surface area contributed by atoms with Gasteiger partial charge in [0.15, 0.2) is 0 Å². The van der Waals surface area contributed by atoms with Crippen molar-refractivity contribution in [2.75, 3.05) is 19.8 Å². The number of benzene rings is 2. The van der Waals surface area contributed by atoms with Gasteiger partial charge in [-0.3, -0.25) is 4.90 Å². The summed E-state index contributed by atoms with van der Waals surface area (Å²) in [4.78, 5) is 26.4. The van der Waals surface area contributed by atoms with Crippen LogP contribution in [0.15, 0.2) is 61.2 Å². The van der Waals surface area contributed by atoms with E-state index in [0.717, 1.165) is 6.42 Å². The van der Waals surface area contributed by atoms with E-state index >= 15 is 0 Å². The molecular formula is C23H23NO4. The largest absolute Gasteiger partial charge is 0.460 e. The van der Waals surface area contributed by atoms with Crippen molar-refractivity contribution in [2.45, 2.75) is 24.8 Å². The Bertz CT molecular complexity index is 861. The van der Waals surface area contributed by atoms with Gasteiger partial charge >= 0.3 is 12.1 Å². The predicted octanol–water partition coefficient (Wildman–Crippen LogP) is 4.13. The van der Waals surface area contributed by atoms with Crippen LogP contribution in [-0.2, 0) is 14.3 Å². The summed E-state index contributed by atoms with van der Waals surface area (Å²) in [5, 5.41) is 0. The highest BCUT2D eigenvalue weighted by Gasteiger charge is 2.37. The highest BCUT2D eigenvalue weighted by atomic mass is 16.6. The number of hydrogen-bond donors (Lipinski definition) is 0. The number of amides is 1. The Morgan fingerprint density at radius 1 is 1.04 bits per heavy atom. The Hall–Kier alpha value is -3.08. The van der Waals surface area contributed by atoms with Crippen LogP contribution in [0.5, 0.6) is 0 Å². The molecule has 2 aromatic rings. The Labute approximate surface area is 164 Å². The minimum absolute atomic E-state index is 0.00474. The molecule has 1 saturated heterocycles. The minimum Gasteiger partial charge on any atom is -0.460 e. The SMILES string of the molecule is C=CCOC(=O)[C@@H]1CCCN1C(=O)OCC1c2ccccc2-c2ccccc21. The number of esters is 1. The molecule has 5 heteroatoms. The fraction of sp³-hybridized carbons (Fsp3) is 0.304. The fourth-order valence-corrected chi connectivity index (χ4v) is 4.14. The molecule has 1 heterocycles. The van der Waals surface area contributed by atoms with Crippen molar-refractivity contribution >= 4 is 12.1 Å². The first-order valence-corrected chi connectivity index (χ1v) is 9.60. The first-order valence-electron chi connectivity index (χ1n) is 9.60. The maximum Gasteiger partial charge on any atom is 0.410 e. The molecule has 0 N–H and O–H groups in total. The number of likely N-dealkylation sites (tertiary alicyclic amines) is 1. The number of carbonyl (C=O) groups is 2. The second-order valence-electron chi connectivity index (χ2n) is 7.07. The highest BCUT2D eigenvalue weighted by molar-refractivity contribution is 5.82. The van der Waals surface area contributed by atoms with Gasteiger partial charge in [-0.1, -0.05) is 61.2 Å². The Morgan fingerprint density at radius 3 is 2.32 bits per heavy atom. The smallest absolute Gasteiger partial charge is 0.410 e. The maximum absolute atomic E-state index is 12.7. The third kappa shape index (κ3) is 3.28. The molecule has 144 valence electrons. The summed E-state index contributed by atoms with van der Waals surface area (Å²) < 4.78 is 10.8. The molecule has 0 saturated carbocycles. The number of nitrogens with zero attached hydrogens (tertiary/aromatic N) is 1. The molecule has 0 bridgehead atoms. The molecule has 1 amide bonds. The second-order valence-corrected chi connectivity index (χ2v) is 7.07. The third-order valence-electron chi connectivity index (χ3n) is 5.44. The molecule has 1 aliphatic heterocycles. The van der Waals surface area contributed by atoms with E-state index in [0.29, 0.717) is 13.0 Å². The summed E-state index contributed by atoms with van der Waals surface area (Å²) >= 11 is 0. The van der Waals surface area contributed by atoms with Crippen LogP contribution >= 0.6 is 0 Å². The van der Waals surface area contributed by atoms with Gasteiger partial charge in [-0.15, -0.1) is 0 Å². The molecule has 0 unspecified atom stereocenters. The second kappa shape index (κ2) is 7.89. The standard InChI is InChI=1S/C23H23NO4/c1-2-14-27-22(25)21-12-7-13-24(21)23(26)28-15-20-18-10-5-3-8-16(18)17-9-4-6-11-19(17)20/h2-6,8-11,20-21H,1,7,12-15H2/t21-/m0/s1. The van der Waals surface area contributed by atoms with E-state index in [2.05, 4.69) is 30.8 Å². The average molecular weight is 377 g/mol. The lowest BCUT2D eigenvalue weighted by atomic mass is 9.98. The van der Waals surface area contributed by atoms with Gasteiger partial charge < -0.3 is 9.47 Å². The minimum atomic E-state index is -0.574. The van der Waals surface area contributed by atoms with Crippen molar-refractivity contribution in [3.8, 4) is 11.1 Å². The molecule has 0 aromatic heterocycles. The van der Waals surface area contributed by atoms with Crippen LogP contribution in [0.3, 0.4) is 0 Å². The summed E-state index contributed by atoms with van der Waals surface area (Å²) in [7, 11) is 0. The lowest BCUT2D eigenvalue weighted by molar-refractivity contribution is -0.147. The van der Waals surface area contributed by atoms with Crippen molar-refractivity contribution in [1.29, 1.82) is 0 Å². The zero-order valence-corrected chi connectivity index (χ0v) is 15.7. The van der Waals surface area contributed by atoms with E-state index in [1.165, 1.54) is 33.2 Å². The summed E-state index contributed by atoms with van der Waals surface area (Å²) in [6, 6.07) is 15.8. The van der Waals surface area contributed by atoms with Crippen LogP contribution < -0.4 is 0 Å². The van der Waals surface area contributed by atoms with Crippen LogP contribution in [0.4, 0.5) is 4.79 Å². The zero-order valence-electron chi connectivity index (χ0n) is 15.7. The highest BCUT2D eigenvalue weighted by Crippen LogP contribution is 2.44. The van der Waals surface area contributed by atoms with Gasteiger partial charge in [-0.25, -0.2) is 9.59 Å². The van der Waals surface area contributed by atoms with Crippen LogP contribution in [0, 0.1) is 0 Å². The van der Waals surface area contributed by atoms with Gasteiger partial charge in [0, 0.05) is 12.5 Å². The van der Waals surface area contributed by atoms with Gasteiger partial charge in [-0.2, -0.15) is 0 Å². The van der Waals surface area contributed by atoms with E-state index in [1.807, 2.05) is 24.3 Å². The number of fused-ring (bicyclic) bond motifs is 3. The Morgan fingerprint density at radius 2 is 1.68 bits per heavy atom. The molecule has 1 aliphatic carbocycles.